The van der Waals surface area contributed by atoms with Crippen LogP contribution in [-0.2, 0) is 11.8 Å². The maximum absolute atomic E-state index is 12.3. The fourth-order valence-electron chi connectivity index (χ4n) is 2.59. The quantitative estimate of drug-likeness (QED) is 0.671. The van der Waals surface area contributed by atoms with Crippen LogP contribution < -0.4 is 5.32 Å². The molecule has 27 heavy (non-hydrogen) atoms. The largest absolute Gasteiger partial charge is 0.493 e. The SMILES string of the molecule is CC(C)C(=O)Nc1ccc(C(=O)N=Nc2c(O)n(C)c3ccccc23)cc1. The van der Waals surface area contributed by atoms with E-state index < -0.39 is 5.91 Å². The number of nitrogens with one attached hydrogen (secondary N) is 1. The van der Waals surface area contributed by atoms with Gasteiger partial charge in [-0.15, -0.1) is 10.2 Å². The summed E-state index contributed by atoms with van der Waals surface area (Å²) >= 11 is 0. The fraction of sp³-hybridized carbons (Fsp3) is 0.200. The Morgan fingerprint density at radius 1 is 1.07 bits per heavy atom. The van der Waals surface area contributed by atoms with E-state index in [0.717, 1.165) is 5.52 Å². The first kappa shape index (κ1) is 18.3. The van der Waals surface area contributed by atoms with Crippen LogP contribution in [0.5, 0.6) is 5.88 Å². The van der Waals surface area contributed by atoms with Crippen molar-refractivity contribution in [3.63, 3.8) is 0 Å². The lowest BCUT2D eigenvalue weighted by Gasteiger charge is -2.07. The monoisotopic (exact) mass is 364 g/mol. The van der Waals surface area contributed by atoms with Gasteiger partial charge in [-0.2, -0.15) is 0 Å². The number of hydrogen-bond acceptors (Lipinski definition) is 4. The highest BCUT2D eigenvalue weighted by molar-refractivity contribution is 5.98. The minimum atomic E-state index is -0.538. The summed E-state index contributed by atoms with van der Waals surface area (Å²) in [7, 11) is 1.71. The molecule has 2 amide bonds. The van der Waals surface area contributed by atoms with Crippen molar-refractivity contribution in [2.24, 2.45) is 23.2 Å². The van der Waals surface area contributed by atoms with Crippen LogP contribution in [-0.4, -0.2) is 21.5 Å². The maximum atomic E-state index is 12.3. The molecule has 2 aromatic carbocycles. The Morgan fingerprint density at radius 3 is 2.41 bits per heavy atom. The molecule has 2 N–H and O–H groups in total. The van der Waals surface area contributed by atoms with Gasteiger partial charge in [-0.1, -0.05) is 32.0 Å². The van der Waals surface area contributed by atoms with Crippen LogP contribution in [0, 0.1) is 5.92 Å². The highest BCUT2D eigenvalue weighted by Gasteiger charge is 2.14. The molecule has 0 fully saturated rings. The van der Waals surface area contributed by atoms with E-state index in [2.05, 4.69) is 15.5 Å². The van der Waals surface area contributed by atoms with E-state index in [-0.39, 0.29) is 23.4 Å². The van der Waals surface area contributed by atoms with Crippen LogP contribution >= 0.6 is 0 Å². The van der Waals surface area contributed by atoms with Gasteiger partial charge in [0.15, 0.2) is 5.69 Å². The van der Waals surface area contributed by atoms with E-state index in [1.807, 2.05) is 18.2 Å². The van der Waals surface area contributed by atoms with Gasteiger partial charge in [-0.25, -0.2) is 0 Å². The minimum Gasteiger partial charge on any atom is -0.493 e. The molecule has 138 valence electrons. The molecule has 1 heterocycles. The summed E-state index contributed by atoms with van der Waals surface area (Å²) in [4.78, 5) is 24.0. The second-order valence-electron chi connectivity index (χ2n) is 6.47. The number of aromatic nitrogens is 1. The second kappa shape index (κ2) is 7.41. The molecule has 0 bridgehead atoms. The lowest BCUT2D eigenvalue weighted by molar-refractivity contribution is -0.118. The summed E-state index contributed by atoms with van der Waals surface area (Å²) in [5, 5.41) is 21.4. The number of anilines is 1. The van der Waals surface area contributed by atoms with Crippen molar-refractivity contribution >= 4 is 34.1 Å². The van der Waals surface area contributed by atoms with Gasteiger partial charge in [-0.05, 0) is 30.3 Å². The molecule has 0 saturated heterocycles. The molecule has 1 aromatic heterocycles. The number of para-hydroxylation sites is 1. The number of benzene rings is 2. The van der Waals surface area contributed by atoms with Gasteiger partial charge in [0.1, 0.15) is 0 Å². The minimum absolute atomic E-state index is 0.0560. The molecule has 7 nitrogen and oxygen atoms in total. The molecular weight excluding hydrogens is 344 g/mol. The van der Waals surface area contributed by atoms with Crippen molar-refractivity contribution < 1.29 is 14.7 Å². The highest BCUT2D eigenvalue weighted by Crippen LogP contribution is 2.37. The van der Waals surface area contributed by atoms with Gasteiger partial charge >= 0.3 is 0 Å². The van der Waals surface area contributed by atoms with E-state index >= 15 is 0 Å². The number of aromatic hydroxyl groups is 1. The summed E-state index contributed by atoms with van der Waals surface area (Å²) in [5.74, 6) is -0.822. The summed E-state index contributed by atoms with van der Waals surface area (Å²) in [6, 6.07) is 13.7. The zero-order valence-corrected chi connectivity index (χ0v) is 15.3. The van der Waals surface area contributed by atoms with Gasteiger partial charge in [0.05, 0.1) is 5.52 Å². The van der Waals surface area contributed by atoms with Crippen LogP contribution in [0.25, 0.3) is 10.9 Å². The smallest absolute Gasteiger partial charge is 0.295 e. The Bertz CT molecular complexity index is 1030. The molecule has 3 rings (SSSR count). The maximum Gasteiger partial charge on any atom is 0.295 e. The topological polar surface area (TPSA) is 96.1 Å². The van der Waals surface area contributed by atoms with Gasteiger partial charge in [0, 0.05) is 29.6 Å². The Labute approximate surface area is 156 Å². The first-order valence-corrected chi connectivity index (χ1v) is 8.52. The van der Waals surface area contributed by atoms with Crippen molar-refractivity contribution in [3.05, 3.63) is 54.1 Å². The number of aryl methyl sites for hydroxylation is 1. The molecule has 0 spiro atoms. The number of carbonyl (C=O) groups excluding carboxylic acids is 2. The average molecular weight is 364 g/mol. The van der Waals surface area contributed by atoms with Gasteiger partial charge in [0.25, 0.3) is 5.91 Å². The van der Waals surface area contributed by atoms with Crippen LogP contribution in [0.4, 0.5) is 11.4 Å². The van der Waals surface area contributed by atoms with Crippen molar-refractivity contribution in [1.82, 2.24) is 4.57 Å². The highest BCUT2D eigenvalue weighted by atomic mass is 16.3. The van der Waals surface area contributed by atoms with Crippen LogP contribution in [0.1, 0.15) is 24.2 Å². The summed E-state index contributed by atoms with van der Waals surface area (Å²) in [5.41, 5.74) is 1.99. The Hall–Kier alpha value is -3.48. The molecule has 7 heteroatoms. The van der Waals surface area contributed by atoms with Crippen LogP contribution in [0.2, 0.25) is 0 Å². The Balaban J connectivity index is 1.80. The Morgan fingerprint density at radius 2 is 1.74 bits per heavy atom. The molecule has 0 radical (unpaired) electrons. The number of hydrogen-bond donors (Lipinski definition) is 2. The van der Waals surface area contributed by atoms with Crippen molar-refractivity contribution in [3.8, 4) is 5.88 Å². The van der Waals surface area contributed by atoms with Crippen molar-refractivity contribution in [2.75, 3.05) is 5.32 Å². The normalized spacial score (nSPS) is 11.4. The first-order valence-electron chi connectivity index (χ1n) is 8.52. The van der Waals surface area contributed by atoms with Crippen LogP contribution in [0.15, 0.2) is 58.8 Å². The van der Waals surface area contributed by atoms with E-state index in [0.29, 0.717) is 16.6 Å². The summed E-state index contributed by atoms with van der Waals surface area (Å²) in [6.07, 6.45) is 0. The van der Waals surface area contributed by atoms with Crippen molar-refractivity contribution in [1.29, 1.82) is 0 Å². The van der Waals surface area contributed by atoms with Crippen LogP contribution in [0.3, 0.4) is 0 Å². The summed E-state index contributed by atoms with van der Waals surface area (Å²) in [6.45, 7) is 3.60. The zero-order chi connectivity index (χ0) is 19.6. The van der Waals surface area contributed by atoms with E-state index in [1.54, 1.807) is 55.8 Å². The first-order chi connectivity index (χ1) is 12.9. The Kier molecular flexibility index (Phi) is 5.03. The molecule has 0 aliphatic heterocycles. The molecule has 0 aliphatic rings. The number of fused-ring (bicyclic) bond motifs is 1. The van der Waals surface area contributed by atoms with E-state index in [1.165, 1.54) is 0 Å². The molecule has 0 unspecified atom stereocenters. The second-order valence-corrected chi connectivity index (χ2v) is 6.47. The number of carbonyl (C=O) groups is 2. The van der Waals surface area contributed by atoms with Gasteiger partial charge < -0.3 is 15.0 Å². The number of nitrogens with zero attached hydrogens (tertiary/aromatic N) is 3. The van der Waals surface area contributed by atoms with Gasteiger partial charge in [0.2, 0.25) is 11.8 Å². The number of azo groups is 1. The summed E-state index contributed by atoms with van der Waals surface area (Å²) < 4.78 is 1.58. The predicted octanol–water partition coefficient (Wildman–Crippen LogP) is 4.40. The molecule has 0 aliphatic carbocycles. The third-order valence-corrected chi connectivity index (χ3v) is 4.21. The molecule has 0 atom stereocenters. The average Bonchev–Trinajstić information content (AvgIpc) is 2.91. The molecule has 0 saturated carbocycles. The van der Waals surface area contributed by atoms with E-state index in [9.17, 15) is 14.7 Å². The lowest BCUT2D eigenvalue weighted by Crippen LogP contribution is -2.17. The molecule has 3 aromatic rings. The number of amides is 2. The fourth-order valence-corrected chi connectivity index (χ4v) is 2.59. The lowest BCUT2D eigenvalue weighted by atomic mass is 10.1. The number of rotatable bonds is 4. The third kappa shape index (κ3) is 3.72. The standard InChI is InChI=1S/C20H20N4O3/c1-12(2)18(25)21-14-10-8-13(9-11-14)19(26)23-22-17-15-6-4-5-7-16(15)24(3)20(17)27/h4-12,27H,1-3H3,(H,21,25). The van der Waals surface area contributed by atoms with E-state index in [4.69, 9.17) is 0 Å². The van der Waals surface area contributed by atoms with Gasteiger partial charge in [-0.3, -0.25) is 9.59 Å². The predicted molar refractivity (Wildman–Crippen MR) is 103 cm³/mol. The molecular formula is C20H20N4O3. The third-order valence-electron chi connectivity index (χ3n) is 4.21. The zero-order valence-electron chi connectivity index (χ0n) is 15.3. The van der Waals surface area contributed by atoms with Crippen molar-refractivity contribution in [2.45, 2.75) is 13.8 Å².